The van der Waals surface area contributed by atoms with Gasteiger partial charge in [0.1, 0.15) is 5.75 Å². The van der Waals surface area contributed by atoms with E-state index in [-0.39, 0.29) is 10.8 Å². The number of hydrogen-bond acceptors (Lipinski definition) is 6. The lowest BCUT2D eigenvalue weighted by atomic mass is 10.2. The molecule has 2 saturated heterocycles. The molecular formula is C23H27N3O6S. The van der Waals surface area contributed by atoms with Gasteiger partial charge in [0.05, 0.1) is 18.1 Å². The summed E-state index contributed by atoms with van der Waals surface area (Å²) in [5.41, 5.74) is 1.17. The van der Waals surface area contributed by atoms with Crippen LogP contribution < -0.4 is 15.0 Å². The molecule has 33 heavy (non-hydrogen) atoms. The van der Waals surface area contributed by atoms with Crippen molar-refractivity contribution >= 4 is 33.2 Å². The zero-order valence-electron chi connectivity index (χ0n) is 18.4. The van der Waals surface area contributed by atoms with Gasteiger partial charge in [-0.15, -0.1) is 0 Å². The molecule has 0 unspecified atom stereocenters. The van der Waals surface area contributed by atoms with Crippen molar-refractivity contribution in [3.63, 3.8) is 0 Å². The van der Waals surface area contributed by atoms with Gasteiger partial charge in [0.25, 0.3) is 5.91 Å². The van der Waals surface area contributed by atoms with Crippen LogP contribution in [0.4, 0.5) is 11.4 Å². The molecule has 2 amide bonds. The van der Waals surface area contributed by atoms with Crippen LogP contribution in [-0.2, 0) is 24.3 Å². The maximum atomic E-state index is 12.9. The van der Waals surface area contributed by atoms with Crippen molar-refractivity contribution in [2.75, 3.05) is 43.1 Å². The molecule has 0 spiro atoms. The van der Waals surface area contributed by atoms with Crippen LogP contribution in [0, 0.1) is 0 Å². The number of rotatable bonds is 7. The Balaban J connectivity index is 1.38. The molecule has 1 atom stereocenters. The second kappa shape index (κ2) is 9.90. The number of sulfonamides is 1. The van der Waals surface area contributed by atoms with E-state index in [9.17, 15) is 18.0 Å². The molecule has 2 aromatic carbocycles. The van der Waals surface area contributed by atoms with E-state index in [2.05, 4.69) is 5.32 Å². The molecule has 2 aliphatic rings. The van der Waals surface area contributed by atoms with Crippen LogP contribution >= 0.6 is 0 Å². The molecule has 0 bridgehead atoms. The van der Waals surface area contributed by atoms with Gasteiger partial charge in [-0.1, -0.05) is 6.07 Å². The van der Waals surface area contributed by atoms with Gasteiger partial charge in [-0.05, 0) is 55.8 Å². The number of benzene rings is 2. The molecular weight excluding hydrogens is 446 g/mol. The molecule has 1 N–H and O–H groups in total. The second-order valence-electron chi connectivity index (χ2n) is 7.94. The highest BCUT2D eigenvalue weighted by Gasteiger charge is 2.27. The van der Waals surface area contributed by atoms with E-state index in [0.717, 1.165) is 12.1 Å². The van der Waals surface area contributed by atoms with Gasteiger partial charge in [0.2, 0.25) is 15.9 Å². The first-order valence-corrected chi connectivity index (χ1v) is 12.3. The predicted molar refractivity (Wildman–Crippen MR) is 123 cm³/mol. The van der Waals surface area contributed by atoms with Crippen LogP contribution in [0.2, 0.25) is 0 Å². The Labute approximate surface area is 193 Å². The molecule has 2 aromatic rings. The third kappa shape index (κ3) is 5.35. The molecule has 0 aromatic heterocycles. The molecule has 2 heterocycles. The van der Waals surface area contributed by atoms with Crippen molar-refractivity contribution in [3.8, 4) is 5.75 Å². The first-order chi connectivity index (χ1) is 15.8. The summed E-state index contributed by atoms with van der Waals surface area (Å²) >= 11 is 0. The second-order valence-corrected chi connectivity index (χ2v) is 9.87. The normalized spacial score (nSPS) is 18.2. The summed E-state index contributed by atoms with van der Waals surface area (Å²) in [7, 11) is -3.66. The minimum absolute atomic E-state index is 0.106. The Morgan fingerprint density at radius 1 is 1.09 bits per heavy atom. The number of carbonyl (C=O) groups excluding carboxylic acids is 2. The van der Waals surface area contributed by atoms with E-state index in [4.69, 9.17) is 9.47 Å². The number of morpholine rings is 1. The van der Waals surface area contributed by atoms with E-state index in [1.54, 1.807) is 48.2 Å². The Bertz CT molecular complexity index is 1110. The number of amides is 2. The van der Waals surface area contributed by atoms with Crippen molar-refractivity contribution in [1.82, 2.24) is 4.31 Å². The predicted octanol–water partition coefficient (Wildman–Crippen LogP) is 2.24. The van der Waals surface area contributed by atoms with Crippen LogP contribution in [-0.4, -0.2) is 63.5 Å². The maximum absolute atomic E-state index is 12.9. The fraction of sp³-hybridized carbons (Fsp3) is 0.391. The van der Waals surface area contributed by atoms with E-state index in [0.29, 0.717) is 50.7 Å². The lowest BCUT2D eigenvalue weighted by Crippen LogP contribution is -2.40. The van der Waals surface area contributed by atoms with E-state index < -0.39 is 22.0 Å². The third-order valence-corrected chi connectivity index (χ3v) is 7.51. The van der Waals surface area contributed by atoms with Gasteiger partial charge in [-0.2, -0.15) is 4.31 Å². The Morgan fingerprint density at radius 2 is 1.82 bits per heavy atom. The quantitative estimate of drug-likeness (QED) is 0.661. The smallest absolute Gasteiger partial charge is 0.265 e. The van der Waals surface area contributed by atoms with E-state index in [1.165, 1.54) is 16.4 Å². The highest BCUT2D eigenvalue weighted by molar-refractivity contribution is 7.89. The summed E-state index contributed by atoms with van der Waals surface area (Å²) in [5, 5.41) is 2.71. The highest BCUT2D eigenvalue weighted by atomic mass is 32.2. The van der Waals surface area contributed by atoms with Gasteiger partial charge in [0, 0.05) is 37.4 Å². The lowest BCUT2D eigenvalue weighted by Gasteiger charge is -2.26. The summed E-state index contributed by atoms with van der Waals surface area (Å²) in [4.78, 5) is 26.4. The van der Waals surface area contributed by atoms with Crippen LogP contribution in [0.3, 0.4) is 0 Å². The van der Waals surface area contributed by atoms with Gasteiger partial charge in [-0.3, -0.25) is 9.59 Å². The van der Waals surface area contributed by atoms with Crippen molar-refractivity contribution in [2.45, 2.75) is 30.8 Å². The van der Waals surface area contributed by atoms with Crippen molar-refractivity contribution in [2.24, 2.45) is 0 Å². The molecule has 4 rings (SSSR count). The van der Waals surface area contributed by atoms with Crippen LogP contribution in [0.1, 0.15) is 19.8 Å². The molecule has 2 aliphatic heterocycles. The molecule has 9 nitrogen and oxygen atoms in total. The Kier molecular flexibility index (Phi) is 6.96. The van der Waals surface area contributed by atoms with Crippen molar-refractivity contribution in [1.29, 1.82) is 0 Å². The maximum Gasteiger partial charge on any atom is 0.265 e. The summed E-state index contributed by atoms with van der Waals surface area (Å²) in [6, 6.07) is 13.2. The fourth-order valence-electron chi connectivity index (χ4n) is 3.80. The van der Waals surface area contributed by atoms with Crippen LogP contribution in [0.25, 0.3) is 0 Å². The Morgan fingerprint density at radius 3 is 2.48 bits per heavy atom. The Hall–Kier alpha value is -2.95. The molecule has 0 aliphatic carbocycles. The number of hydrogen-bond donors (Lipinski definition) is 1. The van der Waals surface area contributed by atoms with E-state index >= 15 is 0 Å². The van der Waals surface area contributed by atoms with Gasteiger partial charge < -0.3 is 19.7 Å². The summed E-state index contributed by atoms with van der Waals surface area (Å²) in [6.45, 7) is 3.64. The number of anilines is 2. The molecule has 176 valence electrons. The zero-order valence-corrected chi connectivity index (χ0v) is 19.2. The summed E-state index contributed by atoms with van der Waals surface area (Å²) < 4.78 is 38.0. The molecule has 2 fully saturated rings. The molecule has 0 saturated carbocycles. The minimum atomic E-state index is -3.66. The van der Waals surface area contributed by atoms with Crippen LogP contribution in [0.15, 0.2) is 53.4 Å². The zero-order chi connectivity index (χ0) is 23.4. The van der Waals surface area contributed by atoms with Crippen LogP contribution in [0.5, 0.6) is 5.75 Å². The third-order valence-electron chi connectivity index (χ3n) is 5.61. The van der Waals surface area contributed by atoms with Gasteiger partial charge >= 0.3 is 0 Å². The standard InChI is InChI=1S/C23H27N3O6S/c1-17(32-20-9-7-19(8-10-20)26-11-3-6-22(26)27)23(28)24-18-4-2-5-21(16-18)33(29,30)25-12-14-31-15-13-25/h2,4-5,7-10,16-17H,3,6,11-15H2,1H3,(H,24,28)/t17-/m1/s1. The lowest BCUT2D eigenvalue weighted by molar-refractivity contribution is -0.122. The van der Waals surface area contributed by atoms with Crippen molar-refractivity contribution in [3.05, 3.63) is 48.5 Å². The fourth-order valence-corrected chi connectivity index (χ4v) is 5.25. The molecule has 0 radical (unpaired) electrons. The van der Waals surface area contributed by atoms with Crippen molar-refractivity contribution < 1.29 is 27.5 Å². The number of carbonyl (C=O) groups is 2. The average molecular weight is 474 g/mol. The summed E-state index contributed by atoms with van der Waals surface area (Å²) in [6.07, 6.45) is 0.594. The minimum Gasteiger partial charge on any atom is -0.481 e. The largest absolute Gasteiger partial charge is 0.481 e. The highest BCUT2D eigenvalue weighted by Crippen LogP contribution is 2.25. The first kappa shape index (κ1) is 23.2. The first-order valence-electron chi connectivity index (χ1n) is 10.9. The molecule has 10 heteroatoms. The topological polar surface area (TPSA) is 105 Å². The number of nitrogens with zero attached hydrogens (tertiary/aromatic N) is 2. The summed E-state index contributed by atoms with van der Waals surface area (Å²) in [5.74, 6) is 0.195. The van der Waals surface area contributed by atoms with Gasteiger partial charge in [-0.25, -0.2) is 8.42 Å². The monoisotopic (exact) mass is 473 g/mol. The number of nitrogens with one attached hydrogen (secondary N) is 1. The average Bonchev–Trinajstić information content (AvgIpc) is 3.26. The van der Waals surface area contributed by atoms with Gasteiger partial charge in [0.15, 0.2) is 6.10 Å². The van der Waals surface area contributed by atoms with E-state index in [1.807, 2.05) is 0 Å². The SMILES string of the molecule is C[C@@H](Oc1ccc(N2CCCC2=O)cc1)C(=O)Nc1cccc(S(=O)(=O)N2CCOCC2)c1. The number of ether oxygens (including phenoxy) is 2.